The second kappa shape index (κ2) is 10.9. The summed E-state index contributed by atoms with van der Waals surface area (Å²) in [6, 6.07) is 18.7. The van der Waals surface area contributed by atoms with Gasteiger partial charge in [0.2, 0.25) is 0 Å². The fourth-order valence-electron chi connectivity index (χ4n) is 3.66. The van der Waals surface area contributed by atoms with E-state index < -0.39 is 0 Å². The molecular weight excluding hydrogens is 348 g/mol. The summed E-state index contributed by atoms with van der Waals surface area (Å²) in [7, 11) is 0. The van der Waals surface area contributed by atoms with E-state index in [4.69, 9.17) is 4.74 Å². The molecule has 1 heterocycles. The highest BCUT2D eigenvalue weighted by Gasteiger charge is 2.26. The van der Waals surface area contributed by atoms with Crippen LogP contribution in [0.25, 0.3) is 0 Å². The lowest BCUT2D eigenvalue weighted by atomic mass is 10.1. The van der Waals surface area contributed by atoms with E-state index in [9.17, 15) is 5.11 Å². The summed E-state index contributed by atoms with van der Waals surface area (Å²) >= 11 is 0. The van der Waals surface area contributed by atoms with E-state index in [1.807, 2.05) is 49.4 Å². The Morgan fingerprint density at radius 2 is 1.86 bits per heavy atom. The largest absolute Gasteiger partial charge is 0.494 e. The molecule has 1 aliphatic rings. The van der Waals surface area contributed by atoms with Gasteiger partial charge in [0.05, 0.1) is 13.2 Å². The molecule has 1 N–H and O–H groups in total. The molecule has 0 spiro atoms. The molecule has 148 valence electrons. The van der Waals surface area contributed by atoms with Crippen LogP contribution in [0.2, 0.25) is 0 Å². The van der Waals surface area contributed by atoms with E-state index in [1.165, 1.54) is 5.56 Å². The van der Waals surface area contributed by atoms with Gasteiger partial charge in [0.15, 0.2) is 0 Å². The Balaban J connectivity index is 1.61. The van der Waals surface area contributed by atoms with E-state index in [0.29, 0.717) is 12.6 Å². The molecule has 0 bridgehead atoms. The van der Waals surface area contributed by atoms with Crippen molar-refractivity contribution >= 4 is 0 Å². The zero-order chi connectivity index (χ0) is 19.6. The average molecular weight is 379 g/mol. The number of aliphatic hydroxyl groups excluding tert-OH is 1. The molecule has 1 fully saturated rings. The fraction of sp³-hybridized carbons (Fsp3) is 0.417. The van der Waals surface area contributed by atoms with Crippen LogP contribution in [-0.4, -0.2) is 60.3 Å². The Morgan fingerprint density at radius 1 is 1.07 bits per heavy atom. The summed E-state index contributed by atoms with van der Waals surface area (Å²) < 4.78 is 5.79. The Morgan fingerprint density at radius 3 is 2.64 bits per heavy atom. The Kier molecular flexibility index (Phi) is 7.93. The summed E-state index contributed by atoms with van der Waals surface area (Å²) in [4.78, 5) is 4.86. The average Bonchev–Trinajstić information content (AvgIpc) is 2.72. The second-order valence-corrected chi connectivity index (χ2v) is 7.08. The first-order chi connectivity index (χ1) is 13.8. The molecule has 0 unspecified atom stereocenters. The number of hydrogen-bond donors (Lipinski definition) is 1. The van der Waals surface area contributed by atoms with Gasteiger partial charge in [-0.3, -0.25) is 9.80 Å². The van der Waals surface area contributed by atoms with Crippen LogP contribution in [0.5, 0.6) is 5.75 Å². The molecule has 4 nitrogen and oxygen atoms in total. The van der Waals surface area contributed by atoms with Crippen LogP contribution in [0.4, 0.5) is 0 Å². The maximum atomic E-state index is 9.55. The zero-order valence-corrected chi connectivity index (χ0v) is 16.7. The summed E-state index contributed by atoms with van der Waals surface area (Å²) in [5.74, 6) is 7.50. The number of ether oxygens (including phenoxy) is 1. The SMILES string of the molecule is CCOc1ccccc1CN1CCN(CC#Cc2ccccc2)C[C@H]1CCO. The number of nitrogens with zero attached hydrogens (tertiary/aromatic N) is 2. The van der Waals surface area contributed by atoms with Crippen molar-refractivity contribution in [3.8, 4) is 17.6 Å². The highest BCUT2D eigenvalue weighted by molar-refractivity contribution is 5.34. The van der Waals surface area contributed by atoms with Gasteiger partial charge >= 0.3 is 0 Å². The first-order valence-electron chi connectivity index (χ1n) is 10.1. The van der Waals surface area contributed by atoms with Crippen LogP contribution in [0.15, 0.2) is 54.6 Å². The molecule has 28 heavy (non-hydrogen) atoms. The molecule has 0 amide bonds. The van der Waals surface area contributed by atoms with E-state index >= 15 is 0 Å². The van der Waals surface area contributed by atoms with Gasteiger partial charge in [-0.1, -0.05) is 48.2 Å². The topological polar surface area (TPSA) is 35.9 Å². The van der Waals surface area contributed by atoms with Crippen molar-refractivity contribution in [1.82, 2.24) is 9.80 Å². The van der Waals surface area contributed by atoms with Gasteiger partial charge in [0.25, 0.3) is 0 Å². The minimum Gasteiger partial charge on any atom is -0.494 e. The molecule has 1 saturated heterocycles. The monoisotopic (exact) mass is 378 g/mol. The van der Waals surface area contributed by atoms with Gasteiger partial charge in [-0.2, -0.15) is 0 Å². The van der Waals surface area contributed by atoms with E-state index in [1.54, 1.807) is 0 Å². The molecule has 4 heteroatoms. The maximum Gasteiger partial charge on any atom is 0.123 e. The minimum atomic E-state index is 0.206. The van der Waals surface area contributed by atoms with Gasteiger partial charge in [-0.15, -0.1) is 0 Å². The molecule has 0 radical (unpaired) electrons. The van der Waals surface area contributed by atoms with E-state index in [2.05, 4.69) is 33.8 Å². The smallest absolute Gasteiger partial charge is 0.123 e. The van der Waals surface area contributed by atoms with E-state index in [0.717, 1.165) is 50.5 Å². The minimum absolute atomic E-state index is 0.206. The summed E-state index contributed by atoms with van der Waals surface area (Å²) in [6.07, 6.45) is 0.777. The normalized spacial score (nSPS) is 17.7. The van der Waals surface area contributed by atoms with Crippen LogP contribution in [0.3, 0.4) is 0 Å². The lowest BCUT2D eigenvalue weighted by Crippen LogP contribution is -2.53. The number of rotatable bonds is 7. The van der Waals surface area contributed by atoms with Gasteiger partial charge in [0.1, 0.15) is 5.75 Å². The highest BCUT2D eigenvalue weighted by Crippen LogP contribution is 2.23. The van der Waals surface area contributed by atoms with Crippen LogP contribution >= 0.6 is 0 Å². The number of piperazine rings is 1. The van der Waals surface area contributed by atoms with Gasteiger partial charge < -0.3 is 9.84 Å². The third-order valence-electron chi connectivity index (χ3n) is 5.11. The van der Waals surface area contributed by atoms with Gasteiger partial charge in [0, 0.05) is 50.0 Å². The van der Waals surface area contributed by atoms with Crippen LogP contribution in [-0.2, 0) is 6.54 Å². The maximum absolute atomic E-state index is 9.55. The first-order valence-corrected chi connectivity index (χ1v) is 10.1. The molecular formula is C24H30N2O2. The van der Waals surface area contributed by atoms with Gasteiger partial charge in [-0.05, 0) is 31.5 Å². The number of hydrogen-bond acceptors (Lipinski definition) is 4. The third-order valence-corrected chi connectivity index (χ3v) is 5.11. The molecule has 1 atom stereocenters. The highest BCUT2D eigenvalue weighted by atomic mass is 16.5. The van der Waals surface area contributed by atoms with Crippen molar-refractivity contribution in [2.75, 3.05) is 39.4 Å². The molecule has 0 saturated carbocycles. The molecule has 2 aromatic rings. The summed E-state index contributed by atoms with van der Waals surface area (Å²) in [5.41, 5.74) is 2.27. The molecule has 0 aliphatic carbocycles. The third kappa shape index (κ3) is 5.84. The Bertz CT molecular complexity index is 782. The Hall–Kier alpha value is -2.32. The lowest BCUT2D eigenvalue weighted by Gasteiger charge is -2.41. The zero-order valence-electron chi connectivity index (χ0n) is 16.7. The molecule has 1 aliphatic heterocycles. The van der Waals surface area contributed by atoms with Crippen molar-refractivity contribution in [2.24, 2.45) is 0 Å². The summed E-state index contributed by atoms with van der Waals surface area (Å²) in [5, 5.41) is 9.55. The first kappa shape index (κ1) is 20.4. The molecule has 0 aromatic heterocycles. The van der Waals surface area contributed by atoms with Crippen molar-refractivity contribution in [2.45, 2.75) is 25.9 Å². The standard InChI is InChI=1S/C24H30N2O2/c1-2-28-24-13-7-6-12-22(24)19-26-17-16-25(20-23(26)14-18-27)15-8-11-21-9-4-3-5-10-21/h3-7,9-10,12-13,23,27H,2,14-20H2,1H3/t23-/m1/s1. The Labute approximate surface area is 168 Å². The lowest BCUT2D eigenvalue weighted by molar-refractivity contribution is 0.0599. The predicted octanol–water partition coefficient (Wildman–Crippen LogP) is 3.01. The van der Waals surface area contributed by atoms with Crippen LogP contribution in [0.1, 0.15) is 24.5 Å². The number of aliphatic hydroxyl groups is 1. The predicted molar refractivity (Wildman–Crippen MR) is 113 cm³/mol. The van der Waals surface area contributed by atoms with Crippen LogP contribution < -0.4 is 4.74 Å². The molecule has 2 aromatic carbocycles. The number of benzene rings is 2. The second-order valence-electron chi connectivity index (χ2n) is 7.08. The van der Waals surface area contributed by atoms with Crippen LogP contribution in [0, 0.1) is 11.8 Å². The van der Waals surface area contributed by atoms with Crippen molar-refractivity contribution < 1.29 is 9.84 Å². The van der Waals surface area contributed by atoms with Crippen molar-refractivity contribution in [3.05, 3.63) is 65.7 Å². The summed E-state index contributed by atoms with van der Waals surface area (Å²) in [6.45, 7) is 7.40. The fourth-order valence-corrected chi connectivity index (χ4v) is 3.66. The van der Waals surface area contributed by atoms with Crippen molar-refractivity contribution in [1.29, 1.82) is 0 Å². The van der Waals surface area contributed by atoms with Gasteiger partial charge in [-0.25, -0.2) is 0 Å². The van der Waals surface area contributed by atoms with Crippen molar-refractivity contribution in [3.63, 3.8) is 0 Å². The van der Waals surface area contributed by atoms with E-state index in [-0.39, 0.29) is 6.61 Å². The quantitative estimate of drug-likeness (QED) is 0.752. The number of para-hydroxylation sites is 1. The molecule has 3 rings (SSSR count).